The molecule has 2 aliphatic rings. The van der Waals surface area contributed by atoms with Gasteiger partial charge in [-0.3, -0.25) is 4.79 Å². The van der Waals surface area contributed by atoms with Crippen LogP contribution in [0.25, 0.3) is 22.0 Å². The number of piperidine rings is 1. The second-order valence-electron chi connectivity index (χ2n) is 11.6. The summed E-state index contributed by atoms with van der Waals surface area (Å²) in [5.41, 5.74) is 5.65. The zero-order valence-corrected chi connectivity index (χ0v) is 24.2. The van der Waals surface area contributed by atoms with Crippen molar-refractivity contribution < 1.29 is 19.4 Å². The van der Waals surface area contributed by atoms with Gasteiger partial charge < -0.3 is 24.6 Å². The van der Waals surface area contributed by atoms with Crippen molar-refractivity contribution in [3.05, 3.63) is 95.7 Å². The first-order valence-corrected chi connectivity index (χ1v) is 15.0. The first-order valence-electron chi connectivity index (χ1n) is 15.0. The number of para-hydroxylation sites is 1. The molecule has 42 heavy (non-hydrogen) atoms. The van der Waals surface area contributed by atoms with Crippen LogP contribution in [0.3, 0.4) is 0 Å². The number of benzene rings is 3. The van der Waals surface area contributed by atoms with Crippen molar-refractivity contribution in [2.45, 2.75) is 50.7 Å². The number of carbonyl (C=O) groups is 2. The summed E-state index contributed by atoms with van der Waals surface area (Å²) in [5.74, 6) is -0.771. The number of hydrogen-bond donors (Lipinski definition) is 2. The normalized spacial score (nSPS) is 18.7. The molecule has 1 aromatic heterocycles. The number of rotatable bonds is 11. The van der Waals surface area contributed by atoms with Crippen LogP contribution in [-0.2, 0) is 22.6 Å². The lowest BCUT2D eigenvalue weighted by molar-refractivity contribution is -0.138. The van der Waals surface area contributed by atoms with Gasteiger partial charge in [0.05, 0.1) is 11.5 Å². The Kier molecular flexibility index (Phi) is 8.40. The highest BCUT2D eigenvalue weighted by atomic mass is 16.5. The molecule has 0 radical (unpaired) electrons. The molecule has 1 saturated heterocycles. The number of carbonyl (C=O) groups excluding carboxylic acids is 1. The Morgan fingerprint density at radius 2 is 1.79 bits per heavy atom. The molecule has 6 rings (SSSR count). The van der Waals surface area contributed by atoms with Crippen molar-refractivity contribution >= 4 is 22.8 Å². The number of aromatic nitrogens is 1. The molecule has 2 heterocycles. The number of amides is 1. The maximum atomic E-state index is 14.4. The number of carboxylic acids is 1. The highest BCUT2D eigenvalue weighted by Gasteiger charge is 2.40. The number of fused-ring (bicyclic) bond motifs is 1. The first kappa shape index (κ1) is 28.2. The highest BCUT2D eigenvalue weighted by Crippen LogP contribution is 2.38. The Hall–Kier alpha value is -3.94. The molecule has 1 amide bonds. The predicted molar refractivity (Wildman–Crippen MR) is 165 cm³/mol. The summed E-state index contributed by atoms with van der Waals surface area (Å²) < 4.78 is 7.58. The third-order valence-corrected chi connectivity index (χ3v) is 8.79. The zero-order chi connectivity index (χ0) is 29.1. The molecule has 2 atom stereocenters. The number of methoxy groups -OCH3 is 1. The van der Waals surface area contributed by atoms with E-state index in [-0.39, 0.29) is 23.3 Å². The first-order chi connectivity index (χ1) is 20.5. The van der Waals surface area contributed by atoms with Gasteiger partial charge in [0.2, 0.25) is 5.91 Å². The molecule has 7 heteroatoms. The van der Waals surface area contributed by atoms with Gasteiger partial charge in [-0.25, -0.2) is 4.79 Å². The lowest BCUT2D eigenvalue weighted by Crippen LogP contribution is -2.47. The van der Waals surface area contributed by atoms with Crippen LogP contribution in [0.15, 0.2) is 79.0 Å². The Morgan fingerprint density at radius 1 is 1.00 bits per heavy atom. The van der Waals surface area contributed by atoms with Crippen molar-refractivity contribution in [3.63, 3.8) is 0 Å². The van der Waals surface area contributed by atoms with E-state index in [2.05, 4.69) is 57.4 Å². The van der Waals surface area contributed by atoms with Crippen LogP contribution in [0.2, 0.25) is 0 Å². The quantitative estimate of drug-likeness (QED) is 0.220. The van der Waals surface area contributed by atoms with E-state index >= 15 is 0 Å². The van der Waals surface area contributed by atoms with Crippen LogP contribution in [0.5, 0.6) is 0 Å². The fraction of sp³-hybridized carbons (Fsp3) is 0.371. The van der Waals surface area contributed by atoms with Gasteiger partial charge in [-0.05, 0) is 78.6 Å². The summed E-state index contributed by atoms with van der Waals surface area (Å²) in [6, 6.07) is 24.1. The molecule has 1 aliphatic carbocycles. The van der Waals surface area contributed by atoms with Gasteiger partial charge >= 0.3 is 5.97 Å². The van der Waals surface area contributed by atoms with Gasteiger partial charge in [0, 0.05) is 56.5 Å². The fourth-order valence-corrected chi connectivity index (χ4v) is 6.48. The van der Waals surface area contributed by atoms with Crippen LogP contribution >= 0.6 is 0 Å². The largest absolute Gasteiger partial charge is 0.478 e. The van der Waals surface area contributed by atoms with E-state index in [9.17, 15) is 14.7 Å². The number of aryl methyl sites for hydroxylation is 1. The second-order valence-corrected chi connectivity index (χ2v) is 11.6. The standard InChI is InChI=1S/C35H39N3O4/c1-42-18-6-17-37-22-28(31-11-2-3-12-33(31)37)23-38(29-13-14-29)34(39)32-21-36-16-15-30(32)26-9-4-7-24(19-26)25-8-5-10-27(20-25)35(40)41/h2-5,7-12,19-20,22,29-30,32,36H,6,13-18,21,23H2,1H3,(H,40,41)/t30-,32+/m1/s1. The molecule has 1 saturated carbocycles. The Morgan fingerprint density at radius 3 is 2.57 bits per heavy atom. The van der Waals surface area contributed by atoms with Crippen molar-refractivity contribution in [1.82, 2.24) is 14.8 Å². The molecule has 0 bridgehead atoms. The van der Waals surface area contributed by atoms with E-state index in [0.717, 1.165) is 62.1 Å². The van der Waals surface area contributed by atoms with Gasteiger partial charge in [0.1, 0.15) is 0 Å². The van der Waals surface area contributed by atoms with Crippen LogP contribution < -0.4 is 5.32 Å². The highest BCUT2D eigenvalue weighted by molar-refractivity contribution is 5.89. The summed E-state index contributed by atoms with van der Waals surface area (Å²) in [6.45, 7) is 3.74. The van der Waals surface area contributed by atoms with E-state index < -0.39 is 5.97 Å². The average Bonchev–Trinajstić information content (AvgIpc) is 3.82. The Labute approximate surface area is 247 Å². The molecule has 7 nitrogen and oxygen atoms in total. The van der Waals surface area contributed by atoms with Crippen LogP contribution in [-0.4, -0.2) is 59.3 Å². The molecule has 3 aromatic carbocycles. The van der Waals surface area contributed by atoms with Gasteiger partial charge in [0.15, 0.2) is 0 Å². The molecule has 2 N–H and O–H groups in total. The molecule has 218 valence electrons. The smallest absolute Gasteiger partial charge is 0.335 e. The molecule has 1 aliphatic heterocycles. The average molecular weight is 566 g/mol. The lowest BCUT2D eigenvalue weighted by Gasteiger charge is -2.36. The molecular formula is C35H39N3O4. The minimum absolute atomic E-state index is 0.0954. The minimum atomic E-state index is -0.935. The number of carboxylic acid groups (broad SMARTS) is 1. The van der Waals surface area contributed by atoms with Crippen molar-refractivity contribution in [3.8, 4) is 11.1 Å². The summed E-state index contributed by atoms with van der Waals surface area (Å²) >= 11 is 0. The maximum absolute atomic E-state index is 14.4. The number of aromatic carboxylic acids is 1. The van der Waals surface area contributed by atoms with Crippen molar-refractivity contribution in [1.29, 1.82) is 0 Å². The van der Waals surface area contributed by atoms with Crippen molar-refractivity contribution in [2.75, 3.05) is 26.8 Å². The third-order valence-electron chi connectivity index (χ3n) is 8.79. The molecule has 0 spiro atoms. The lowest BCUT2D eigenvalue weighted by atomic mass is 9.79. The van der Waals surface area contributed by atoms with Crippen LogP contribution in [0.4, 0.5) is 0 Å². The van der Waals surface area contributed by atoms with E-state index in [1.54, 1.807) is 25.3 Å². The molecule has 2 fully saturated rings. The van der Waals surface area contributed by atoms with E-state index in [1.807, 2.05) is 18.2 Å². The molecular weight excluding hydrogens is 526 g/mol. The van der Waals surface area contributed by atoms with E-state index in [1.165, 1.54) is 16.5 Å². The summed E-state index contributed by atoms with van der Waals surface area (Å²) in [5, 5.41) is 14.2. The Balaban J connectivity index is 1.27. The van der Waals surface area contributed by atoms with Gasteiger partial charge in [-0.1, -0.05) is 54.6 Å². The monoisotopic (exact) mass is 565 g/mol. The molecule has 4 aromatic rings. The number of nitrogens with one attached hydrogen (secondary N) is 1. The minimum Gasteiger partial charge on any atom is -0.478 e. The molecule has 0 unspecified atom stereocenters. The number of hydrogen-bond acceptors (Lipinski definition) is 4. The van der Waals surface area contributed by atoms with E-state index in [0.29, 0.717) is 19.1 Å². The summed E-state index contributed by atoms with van der Waals surface area (Å²) in [7, 11) is 1.73. The number of nitrogens with zero attached hydrogens (tertiary/aromatic N) is 2. The fourth-order valence-electron chi connectivity index (χ4n) is 6.48. The van der Waals surface area contributed by atoms with E-state index in [4.69, 9.17) is 4.74 Å². The second kappa shape index (κ2) is 12.5. The van der Waals surface area contributed by atoms with Gasteiger partial charge in [-0.15, -0.1) is 0 Å². The van der Waals surface area contributed by atoms with Crippen molar-refractivity contribution in [2.24, 2.45) is 5.92 Å². The number of ether oxygens (including phenoxy) is 1. The third kappa shape index (κ3) is 5.98. The zero-order valence-electron chi connectivity index (χ0n) is 24.2. The maximum Gasteiger partial charge on any atom is 0.335 e. The topological polar surface area (TPSA) is 83.8 Å². The SMILES string of the molecule is COCCCn1cc(CN(C(=O)[C@H]2CNCC[C@@H]2c2cccc(-c3cccc(C(=O)O)c3)c2)C2CC2)c2ccccc21. The summed E-state index contributed by atoms with van der Waals surface area (Å²) in [4.78, 5) is 28.1. The summed E-state index contributed by atoms with van der Waals surface area (Å²) in [6.07, 6.45) is 6.16. The Bertz CT molecular complexity index is 1570. The van der Waals surface area contributed by atoms with Crippen LogP contribution in [0.1, 0.15) is 53.1 Å². The van der Waals surface area contributed by atoms with Gasteiger partial charge in [-0.2, -0.15) is 0 Å². The van der Waals surface area contributed by atoms with Crippen LogP contribution in [0, 0.1) is 5.92 Å². The van der Waals surface area contributed by atoms with Gasteiger partial charge in [0.25, 0.3) is 0 Å². The predicted octanol–water partition coefficient (Wildman–Crippen LogP) is 5.93.